The first-order valence-electron chi connectivity index (χ1n) is 6.33. The SMILES string of the molecule is NS(=O)(=O)CC1CC(=O)N(c2nc(-c3sccc3Br)cs2)C1. The number of hydrogen-bond acceptors (Lipinski definition) is 6. The Balaban J connectivity index is 1.79. The van der Waals surface area contributed by atoms with Crippen LogP contribution in [0.15, 0.2) is 21.3 Å². The number of thiophene rings is 1. The second kappa shape index (κ2) is 6.00. The zero-order valence-corrected chi connectivity index (χ0v) is 15.3. The highest BCUT2D eigenvalue weighted by Gasteiger charge is 2.34. The molecule has 1 aliphatic heterocycles. The van der Waals surface area contributed by atoms with Gasteiger partial charge in [0.05, 0.1) is 16.3 Å². The summed E-state index contributed by atoms with van der Waals surface area (Å²) in [6.07, 6.45) is 0.189. The number of hydrogen-bond donors (Lipinski definition) is 1. The molecule has 1 atom stereocenters. The Morgan fingerprint density at radius 3 is 2.86 bits per heavy atom. The minimum absolute atomic E-state index is 0.111. The number of anilines is 1. The third kappa shape index (κ3) is 3.40. The van der Waals surface area contributed by atoms with Gasteiger partial charge in [0, 0.05) is 28.7 Å². The van der Waals surface area contributed by atoms with Crippen LogP contribution in [0, 0.1) is 5.92 Å². The Kier molecular flexibility index (Phi) is 4.38. The van der Waals surface area contributed by atoms with Gasteiger partial charge in [-0.05, 0) is 27.4 Å². The highest BCUT2D eigenvalue weighted by molar-refractivity contribution is 9.10. The average Bonchev–Trinajstić information content (AvgIpc) is 3.07. The number of thiazole rings is 1. The molecule has 2 aromatic heterocycles. The zero-order valence-electron chi connectivity index (χ0n) is 11.2. The van der Waals surface area contributed by atoms with Crippen LogP contribution in [-0.2, 0) is 14.8 Å². The third-order valence-electron chi connectivity index (χ3n) is 3.25. The number of nitrogens with two attached hydrogens (primary N) is 1. The molecule has 1 fully saturated rings. The van der Waals surface area contributed by atoms with Gasteiger partial charge in [0.25, 0.3) is 0 Å². The minimum atomic E-state index is -3.57. The van der Waals surface area contributed by atoms with Crippen LogP contribution >= 0.6 is 38.6 Å². The lowest BCUT2D eigenvalue weighted by Crippen LogP contribution is -2.27. The summed E-state index contributed by atoms with van der Waals surface area (Å²) in [4.78, 5) is 19.1. The molecule has 10 heteroatoms. The molecule has 1 unspecified atom stereocenters. The van der Waals surface area contributed by atoms with E-state index in [9.17, 15) is 13.2 Å². The zero-order chi connectivity index (χ0) is 15.9. The molecule has 0 aliphatic carbocycles. The van der Waals surface area contributed by atoms with E-state index in [1.807, 2.05) is 16.8 Å². The highest BCUT2D eigenvalue weighted by Crippen LogP contribution is 2.37. The number of carbonyl (C=O) groups excluding carboxylic acids is 1. The molecular weight excluding hydrogens is 410 g/mol. The predicted octanol–water partition coefficient (Wildman–Crippen LogP) is 2.28. The monoisotopic (exact) mass is 421 g/mol. The van der Waals surface area contributed by atoms with E-state index in [1.54, 1.807) is 16.2 Å². The van der Waals surface area contributed by atoms with Gasteiger partial charge in [-0.1, -0.05) is 0 Å². The maximum Gasteiger partial charge on any atom is 0.229 e. The van der Waals surface area contributed by atoms with Crippen molar-refractivity contribution in [3.63, 3.8) is 0 Å². The second-order valence-electron chi connectivity index (χ2n) is 5.02. The van der Waals surface area contributed by atoms with Gasteiger partial charge in [-0.15, -0.1) is 22.7 Å². The molecule has 0 bridgehead atoms. The fraction of sp³-hybridized carbons (Fsp3) is 0.333. The first kappa shape index (κ1) is 16.1. The van der Waals surface area contributed by atoms with Crippen LogP contribution in [0.25, 0.3) is 10.6 Å². The Hall–Kier alpha value is -0.810. The summed E-state index contributed by atoms with van der Waals surface area (Å²) in [5.74, 6) is -0.563. The standard InChI is InChI=1S/C12H12BrN3O3S3/c13-8-1-2-20-11(8)9-5-21-12(15-9)16-4-7(3-10(16)17)6-22(14,18)19/h1-2,5,7H,3-4,6H2,(H2,14,18,19). The number of halogens is 1. The second-order valence-corrected chi connectivity index (χ2v) is 9.28. The van der Waals surface area contributed by atoms with Crippen LogP contribution in [0.5, 0.6) is 0 Å². The number of sulfonamides is 1. The maximum absolute atomic E-state index is 12.1. The van der Waals surface area contributed by atoms with Crippen molar-refractivity contribution in [1.29, 1.82) is 0 Å². The molecule has 0 spiro atoms. The number of nitrogens with zero attached hydrogens (tertiary/aromatic N) is 2. The van der Waals surface area contributed by atoms with Crippen LogP contribution in [0.2, 0.25) is 0 Å². The summed E-state index contributed by atoms with van der Waals surface area (Å²) in [7, 11) is -3.57. The smallest absolute Gasteiger partial charge is 0.229 e. The Labute approximate surface area is 144 Å². The van der Waals surface area contributed by atoms with Crippen molar-refractivity contribution in [2.75, 3.05) is 17.2 Å². The van der Waals surface area contributed by atoms with Crippen LogP contribution in [-0.4, -0.2) is 31.6 Å². The molecule has 2 aromatic rings. The Bertz CT molecular complexity index is 814. The van der Waals surface area contributed by atoms with Crippen molar-refractivity contribution in [2.45, 2.75) is 6.42 Å². The van der Waals surface area contributed by atoms with Gasteiger partial charge >= 0.3 is 0 Å². The average molecular weight is 422 g/mol. The number of amides is 1. The predicted molar refractivity (Wildman–Crippen MR) is 91.6 cm³/mol. The van der Waals surface area contributed by atoms with E-state index in [2.05, 4.69) is 20.9 Å². The van der Waals surface area contributed by atoms with Crippen molar-refractivity contribution in [3.05, 3.63) is 21.3 Å². The molecule has 1 saturated heterocycles. The number of carbonyl (C=O) groups is 1. The van der Waals surface area contributed by atoms with Gasteiger partial charge in [-0.3, -0.25) is 9.69 Å². The number of rotatable bonds is 4. The Morgan fingerprint density at radius 2 is 2.23 bits per heavy atom. The molecule has 0 aromatic carbocycles. The van der Waals surface area contributed by atoms with E-state index in [0.717, 1.165) is 15.0 Å². The quantitative estimate of drug-likeness (QED) is 0.818. The van der Waals surface area contributed by atoms with Crippen molar-refractivity contribution in [3.8, 4) is 10.6 Å². The molecule has 1 aliphatic rings. The molecule has 0 saturated carbocycles. The van der Waals surface area contributed by atoms with Crippen LogP contribution < -0.4 is 10.0 Å². The summed E-state index contributed by atoms with van der Waals surface area (Å²) >= 11 is 6.41. The summed E-state index contributed by atoms with van der Waals surface area (Å²) in [5.41, 5.74) is 0.810. The molecule has 6 nitrogen and oxygen atoms in total. The van der Waals surface area contributed by atoms with Gasteiger partial charge < -0.3 is 0 Å². The van der Waals surface area contributed by atoms with Crippen LogP contribution in [0.3, 0.4) is 0 Å². The summed E-state index contributed by atoms with van der Waals surface area (Å²) in [6, 6.07) is 1.95. The Morgan fingerprint density at radius 1 is 1.45 bits per heavy atom. The molecular formula is C12H12BrN3O3S3. The third-order valence-corrected chi connectivity index (χ3v) is 6.91. The van der Waals surface area contributed by atoms with Crippen LogP contribution in [0.1, 0.15) is 6.42 Å². The van der Waals surface area contributed by atoms with Crippen LogP contribution in [0.4, 0.5) is 5.13 Å². The first-order valence-corrected chi connectivity index (χ1v) is 10.6. The minimum Gasteiger partial charge on any atom is -0.288 e. The maximum atomic E-state index is 12.1. The van der Waals surface area contributed by atoms with Gasteiger partial charge in [0.15, 0.2) is 5.13 Å². The van der Waals surface area contributed by atoms with Crippen molar-refractivity contribution >= 4 is 59.7 Å². The van der Waals surface area contributed by atoms with E-state index in [4.69, 9.17) is 5.14 Å². The molecule has 1 amide bonds. The lowest BCUT2D eigenvalue weighted by atomic mass is 10.1. The summed E-state index contributed by atoms with van der Waals surface area (Å²) in [5, 5.41) is 9.50. The van der Waals surface area contributed by atoms with Crippen molar-refractivity contribution in [2.24, 2.45) is 11.1 Å². The van der Waals surface area contributed by atoms with E-state index in [0.29, 0.717) is 11.7 Å². The number of aromatic nitrogens is 1. The van der Waals surface area contributed by atoms with Crippen molar-refractivity contribution < 1.29 is 13.2 Å². The molecule has 22 heavy (non-hydrogen) atoms. The topological polar surface area (TPSA) is 93.4 Å². The number of primary sulfonamides is 1. The van der Waals surface area contributed by atoms with E-state index in [1.165, 1.54) is 11.3 Å². The van der Waals surface area contributed by atoms with Gasteiger partial charge in [0.2, 0.25) is 15.9 Å². The highest BCUT2D eigenvalue weighted by atomic mass is 79.9. The normalized spacial score (nSPS) is 19.1. The molecule has 118 valence electrons. The molecule has 3 rings (SSSR count). The lowest BCUT2D eigenvalue weighted by Gasteiger charge is -2.12. The molecule has 3 heterocycles. The van der Waals surface area contributed by atoms with Crippen molar-refractivity contribution in [1.82, 2.24) is 4.98 Å². The fourth-order valence-electron chi connectivity index (χ4n) is 2.38. The van der Waals surface area contributed by atoms with Gasteiger partial charge in [-0.2, -0.15) is 0 Å². The fourth-order valence-corrected chi connectivity index (χ4v) is 5.71. The molecule has 2 N–H and O–H groups in total. The largest absolute Gasteiger partial charge is 0.288 e. The van der Waals surface area contributed by atoms with E-state index < -0.39 is 10.0 Å². The van der Waals surface area contributed by atoms with E-state index in [-0.39, 0.29) is 24.0 Å². The van der Waals surface area contributed by atoms with Gasteiger partial charge in [0.1, 0.15) is 0 Å². The van der Waals surface area contributed by atoms with E-state index >= 15 is 0 Å². The summed E-state index contributed by atoms with van der Waals surface area (Å²) < 4.78 is 23.3. The lowest BCUT2D eigenvalue weighted by molar-refractivity contribution is -0.117. The summed E-state index contributed by atoms with van der Waals surface area (Å²) in [6.45, 7) is 0.341. The first-order chi connectivity index (χ1) is 10.3. The molecule has 0 radical (unpaired) electrons. The van der Waals surface area contributed by atoms with Gasteiger partial charge in [-0.25, -0.2) is 18.5 Å².